The molecule has 0 aliphatic rings. The van der Waals surface area contributed by atoms with Gasteiger partial charge in [0.1, 0.15) is 0 Å². The normalized spacial score (nSPS) is 11.9. The van der Waals surface area contributed by atoms with E-state index in [1.54, 1.807) is 25.5 Å². The van der Waals surface area contributed by atoms with Gasteiger partial charge in [-0.3, -0.25) is 15.1 Å². The molecule has 1 N–H and O–H groups in total. The molecule has 0 amide bonds. The molecule has 0 saturated heterocycles. The summed E-state index contributed by atoms with van der Waals surface area (Å²) in [5.41, 5.74) is 1.74. The summed E-state index contributed by atoms with van der Waals surface area (Å²) in [5, 5.41) is 14.1. The van der Waals surface area contributed by atoms with Crippen LogP contribution in [0, 0.1) is 17.0 Å². The highest BCUT2D eigenvalue weighted by atomic mass is 16.6. The molecule has 2 aromatic rings. The number of hydrogen-bond acceptors (Lipinski definition) is 5. The average Bonchev–Trinajstić information content (AvgIpc) is 2.41. The van der Waals surface area contributed by atoms with Gasteiger partial charge in [-0.05, 0) is 37.1 Å². The molecule has 6 heteroatoms. The van der Waals surface area contributed by atoms with Gasteiger partial charge in [0.2, 0.25) is 5.82 Å². The zero-order chi connectivity index (χ0) is 13.8. The van der Waals surface area contributed by atoms with E-state index in [2.05, 4.69) is 15.3 Å². The van der Waals surface area contributed by atoms with Crippen molar-refractivity contribution in [1.29, 1.82) is 0 Å². The Morgan fingerprint density at radius 1 is 1.37 bits per heavy atom. The molecule has 0 aliphatic carbocycles. The Kier molecular flexibility index (Phi) is 3.70. The maximum absolute atomic E-state index is 11.0. The van der Waals surface area contributed by atoms with E-state index >= 15 is 0 Å². The van der Waals surface area contributed by atoms with Gasteiger partial charge in [0.05, 0.1) is 11.0 Å². The van der Waals surface area contributed by atoms with Crippen LogP contribution in [0.1, 0.15) is 24.1 Å². The molecule has 0 fully saturated rings. The molecule has 0 aromatic carbocycles. The van der Waals surface area contributed by atoms with Crippen LogP contribution < -0.4 is 5.32 Å². The van der Waals surface area contributed by atoms with E-state index in [4.69, 9.17) is 0 Å². The first kappa shape index (κ1) is 12.9. The van der Waals surface area contributed by atoms with Crippen LogP contribution in [0.5, 0.6) is 0 Å². The molecule has 0 radical (unpaired) electrons. The van der Waals surface area contributed by atoms with E-state index in [1.807, 2.05) is 19.1 Å². The fourth-order valence-electron chi connectivity index (χ4n) is 1.74. The number of pyridine rings is 2. The third-order valence-electron chi connectivity index (χ3n) is 2.76. The summed E-state index contributed by atoms with van der Waals surface area (Å²) < 4.78 is 0. The number of rotatable bonds is 4. The number of aromatic nitrogens is 2. The lowest BCUT2D eigenvalue weighted by Gasteiger charge is -2.14. The fourth-order valence-corrected chi connectivity index (χ4v) is 1.74. The van der Waals surface area contributed by atoms with Crippen LogP contribution in [0.15, 0.2) is 36.8 Å². The molecule has 2 aromatic heterocycles. The molecular weight excluding hydrogens is 244 g/mol. The van der Waals surface area contributed by atoms with Gasteiger partial charge in [0, 0.05) is 24.7 Å². The third-order valence-corrected chi connectivity index (χ3v) is 2.76. The van der Waals surface area contributed by atoms with Crippen molar-refractivity contribution in [3.63, 3.8) is 0 Å². The Bertz CT molecular complexity index is 586. The summed E-state index contributed by atoms with van der Waals surface area (Å²) >= 11 is 0. The molecule has 2 rings (SSSR count). The summed E-state index contributed by atoms with van der Waals surface area (Å²) in [6.45, 7) is 3.69. The maximum Gasteiger partial charge on any atom is 0.311 e. The second-order valence-corrected chi connectivity index (χ2v) is 4.28. The summed E-state index contributed by atoms with van der Waals surface area (Å²) in [4.78, 5) is 18.6. The highest BCUT2D eigenvalue weighted by Gasteiger charge is 2.17. The maximum atomic E-state index is 11.0. The number of nitro groups is 1. The van der Waals surface area contributed by atoms with Gasteiger partial charge in [-0.25, -0.2) is 4.98 Å². The van der Waals surface area contributed by atoms with Crippen LogP contribution >= 0.6 is 0 Å². The Balaban J connectivity index is 2.26. The van der Waals surface area contributed by atoms with Crippen molar-refractivity contribution >= 4 is 11.5 Å². The zero-order valence-electron chi connectivity index (χ0n) is 10.7. The summed E-state index contributed by atoms with van der Waals surface area (Å²) in [6.07, 6.45) is 4.98. The molecule has 0 aliphatic heterocycles. The van der Waals surface area contributed by atoms with Crippen molar-refractivity contribution in [1.82, 2.24) is 9.97 Å². The molecule has 6 nitrogen and oxygen atoms in total. The van der Waals surface area contributed by atoms with E-state index in [1.165, 1.54) is 6.07 Å². The van der Waals surface area contributed by atoms with Gasteiger partial charge in [-0.2, -0.15) is 0 Å². The van der Waals surface area contributed by atoms with Crippen molar-refractivity contribution in [2.75, 3.05) is 5.32 Å². The first-order chi connectivity index (χ1) is 9.08. The summed E-state index contributed by atoms with van der Waals surface area (Å²) in [5.74, 6) is 0.278. The average molecular weight is 258 g/mol. The highest BCUT2D eigenvalue weighted by Crippen LogP contribution is 2.26. The molecule has 0 bridgehead atoms. The Hall–Kier alpha value is -2.50. The molecule has 2 heterocycles. The predicted octanol–water partition coefficient (Wildman–Crippen LogP) is 2.87. The van der Waals surface area contributed by atoms with E-state index in [-0.39, 0.29) is 17.5 Å². The summed E-state index contributed by atoms with van der Waals surface area (Å²) in [7, 11) is 0. The Morgan fingerprint density at radius 3 is 2.68 bits per heavy atom. The minimum atomic E-state index is -0.429. The van der Waals surface area contributed by atoms with E-state index in [0.717, 1.165) is 11.1 Å². The van der Waals surface area contributed by atoms with Crippen molar-refractivity contribution < 1.29 is 4.92 Å². The number of nitrogens with one attached hydrogen (secondary N) is 1. The van der Waals surface area contributed by atoms with Crippen LogP contribution in [0.25, 0.3) is 0 Å². The molecule has 1 unspecified atom stereocenters. The van der Waals surface area contributed by atoms with Crippen molar-refractivity contribution in [3.05, 3.63) is 58.0 Å². The SMILES string of the molecule is Cc1cnc(NC(C)c2ccncc2)c([N+](=O)[O-])c1. The van der Waals surface area contributed by atoms with Gasteiger partial charge < -0.3 is 5.32 Å². The van der Waals surface area contributed by atoms with Crippen LogP contribution in [-0.4, -0.2) is 14.9 Å². The molecule has 1 atom stereocenters. The first-order valence-electron chi connectivity index (χ1n) is 5.85. The number of nitrogens with zero attached hydrogens (tertiary/aromatic N) is 3. The topological polar surface area (TPSA) is 81.0 Å². The standard InChI is InChI=1S/C13H14N4O2/c1-9-7-12(17(18)19)13(15-8-9)16-10(2)11-3-5-14-6-4-11/h3-8,10H,1-2H3,(H,15,16). The minimum absolute atomic E-state index is 0.0130. The Morgan fingerprint density at radius 2 is 2.05 bits per heavy atom. The van der Waals surface area contributed by atoms with Crippen LogP contribution in [-0.2, 0) is 0 Å². The fraction of sp³-hybridized carbons (Fsp3) is 0.231. The zero-order valence-corrected chi connectivity index (χ0v) is 10.7. The molecule has 98 valence electrons. The van der Waals surface area contributed by atoms with Gasteiger partial charge in [0.25, 0.3) is 0 Å². The van der Waals surface area contributed by atoms with E-state index < -0.39 is 4.92 Å². The van der Waals surface area contributed by atoms with E-state index in [0.29, 0.717) is 0 Å². The monoisotopic (exact) mass is 258 g/mol. The minimum Gasteiger partial charge on any atom is -0.358 e. The van der Waals surface area contributed by atoms with Crippen LogP contribution in [0.2, 0.25) is 0 Å². The second kappa shape index (κ2) is 5.43. The second-order valence-electron chi connectivity index (χ2n) is 4.28. The number of anilines is 1. The lowest BCUT2D eigenvalue weighted by molar-refractivity contribution is -0.384. The van der Waals surface area contributed by atoms with Crippen molar-refractivity contribution in [2.45, 2.75) is 19.9 Å². The third kappa shape index (κ3) is 3.04. The first-order valence-corrected chi connectivity index (χ1v) is 5.85. The lowest BCUT2D eigenvalue weighted by atomic mass is 10.1. The highest BCUT2D eigenvalue weighted by molar-refractivity contribution is 5.57. The summed E-state index contributed by atoms with van der Waals surface area (Å²) in [6, 6.07) is 5.14. The van der Waals surface area contributed by atoms with Gasteiger partial charge >= 0.3 is 5.69 Å². The Labute approximate surface area is 110 Å². The largest absolute Gasteiger partial charge is 0.358 e. The van der Waals surface area contributed by atoms with Crippen LogP contribution in [0.4, 0.5) is 11.5 Å². The number of aryl methyl sites for hydroxylation is 1. The molecule has 0 saturated carbocycles. The molecule has 19 heavy (non-hydrogen) atoms. The van der Waals surface area contributed by atoms with Crippen molar-refractivity contribution in [2.24, 2.45) is 0 Å². The smallest absolute Gasteiger partial charge is 0.311 e. The van der Waals surface area contributed by atoms with Gasteiger partial charge in [-0.1, -0.05) is 0 Å². The quantitative estimate of drug-likeness (QED) is 0.673. The van der Waals surface area contributed by atoms with Gasteiger partial charge in [0.15, 0.2) is 0 Å². The number of hydrogen-bond donors (Lipinski definition) is 1. The predicted molar refractivity (Wildman–Crippen MR) is 71.9 cm³/mol. The van der Waals surface area contributed by atoms with Gasteiger partial charge in [-0.15, -0.1) is 0 Å². The van der Waals surface area contributed by atoms with Crippen molar-refractivity contribution in [3.8, 4) is 0 Å². The lowest BCUT2D eigenvalue weighted by Crippen LogP contribution is -2.10. The molecule has 0 spiro atoms. The van der Waals surface area contributed by atoms with Crippen LogP contribution in [0.3, 0.4) is 0 Å². The molecular formula is C13H14N4O2. The van der Waals surface area contributed by atoms with E-state index in [9.17, 15) is 10.1 Å².